The second kappa shape index (κ2) is 6.70. The molecule has 1 aromatic carbocycles. The van der Waals surface area contributed by atoms with E-state index in [9.17, 15) is 4.79 Å². The largest absolute Gasteiger partial charge is 0.340 e. The van der Waals surface area contributed by atoms with E-state index < -0.39 is 0 Å². The molecule has 0 bridgehead atoms. The third-order valence-corrected chi connectivity index (χ3v) is 2.81. The Hall–Kier alpha value is -2.36. The van der Waals surface area contributed by atoms with Gasteiger partial charge in [0.1, 0.15) is 5.82 Å². The van der Waals surface area contributed by atoms with Crippen LogP contribution in [0.4, 0.5) is 17.2 Å². The first-order chi connectivity index (χ1) is 9.67. The van der Waals surface area contributed by atoms with Crippen LogP contribution in [0.5, 0.6) is 0 Å². The minimum absolute atomic E-state index is 0.0219. The summed E-state index contributed by atoms with van der Waals surface area (Å²) in [6.07, 6.45) is 3.03. The fourth-order valence-electron chi connectivity index (χ4n) is 1.86. The second-order valence-corrected chi connectivity index (χ2v) is 4.72. The molecule has 104 valence electrons. The fraction of sp³-hybridized carbons (Fsp3) is 0.250. The number of nitrogens with zero attached hydrogens (tertiary/aromatic N) is 1. The number of rotatable bonds is 5. The van der Waals surface area contributed by atoms with Crippen molar-refractivity contribution >= 4 is 23.1 Å². The van der Waals surface area contributed by atoms with Gasteiger partial charge in [0.15, 0.2) is 0 Å². The third kappa shape index (κ3) is 4.09. The minimum atomic E-state index is 0.0219. The van der Waals surface area contributed by atoms with Crippen molar-refractivity contribution in [3.05, 3.63) is 48.2 Å². The maximum absolute atomic E-state index is 11.5. The van der Waals surface area contributed by atoms with E-state index in [1.54, 1.807) is 6.20 Å². The lowest BCUT2D eigenvalue weighted by Crippen LogP contribution is -2.10. The van der Waals surface area contributed by atoms with Gasteiger partial charge < -0.3 is 10.6 Å². The number of aromatic nitrogens is 1. The minimum Gasteiger partial charge on any atom is -0.340 e. The molecule has 2 N–H and O–H groups in total. The van der Waals surface area contributed by atoms with Crippen molar-refractivity contribution in [3.8, 4) is 0 Å². The molecule has 20 heavy (non-hydrogen) atoms. The van der Waals surface area contributed by atoms with Crippen LogP contribution in [0, 0.1) is 6.92 Å². The molecule has 0 aliphatic heterocycles. The van der Waals surface area contributed by atoms with Crippen LogP contribution < -0.4 is 10.6 Å². The van der Waals surface area contributed by atoms with Crippen LogP contribution in [0.15, 0.2) is 42.6 Å². The highest BCUT2D eigenvalue weighted by Crippen LogP contribution is 2.17. The molecule has 0 saturated carbocycles. The molecule has 2 rings (SSSR count). The number of pyridine rings is 1. The van der Waals surface area contributed by atoms with E-state index >= 15 is 0 Å². The molecule has 4 heteroatoms. The van der Waals surface area contributed by atoms with Crippen LogP contribution in [0.3, 0.4) is 0 Å². The Morgan fingerprint density at radius 3 is 2.70 bits per heavy atom. The second-order valence-electron chi connectivity index (χ2n) is 4.72. The molecule has 1 amide bonds. The van der Waals surface area contributed by atoms with E-state index in [0.29, 0.717) is 6.42 Å². The van der Waals surface area contributed by atoms with Crippen LogP contribution in [-0.4, -0.2) is 10.9 Å². The van der Waals surface area contributed by atoms with Gasteiger partial charge >= 0.3 is 0 Å². The molecule has 0 unspecified atom stereocenters. The lowest BCUT2D eigenvalue weighted by Gasteiger charge is -2.08. The molecule has 2 aromatic rings. The van der Waals surface area contributed by atoms with E-state index in [4.69, 9.17) is 0 Å². The molecule has 0 atom stereocenters. The predicted octanol–water partition coefficient (Wildman–Crippen LogP) is 3.87. The van der Waals surface area contributed by atoms with Crippen LogP contribution in [0.25, 0.3) is 0 Å². The number of benzene rings is 1. The van der Waals surface area contributed by atoms with Crippen LogP contribution >= 0.6 is 0 Å². The highest BCUT2D eigenvalue weighted by molar-refractivity contribution is 5.90. The van der Waals surface area contributed by atoms with Crippen molar-refractivity contribution in [2.24, 2.45) is 0 Å². The molecule has 0 aliphatic rings. The van der Waals surface area contributed by atoms with Gasteiger partial charge in [0.25, 0.3) is 0 Å². The molecule has 1 aromatic heterocycles. The predicted molar refractivity (Wildman–Crippen MR) is 82.2 cm³/mol. The van der Waals surface area contributed by atoms with Crippen molar-refractivity contribution in [1.82, 2.24) is 4.98 Å². The number of carbonyl (C=O) groups excluding carboxylic acids is 1. The molecular weight excluding hydrogens is 250 g/mol. The molecule has 1 heterocycles. The zero-order chi connectivity index (χ0) is 14.4. The first-order valence-corrected chi connectivity index (χ1v) is 6.77. The first kappa shape index (κ1) is 14.1. The monoisotopic (exact) mass is 269 g/mol. The number of carbonyl (C=O) groups is 1. The summed E-state index contributed by atoms with van der Waals surface area (Å²) in [6.45, 7) is 4.03. The van der Waals surface area contributed by atoms with Gasteiger partial charge in [-0.25, -0.2) is 4.98 Å². The zero-order valence-corrected chi connectivity index (χ0v) is 11.8. The summed E-state index contributed by atoms with van der Waals surface area (Å²) >= 11 is 0. The summed E-state index contributed by atoms with van der Waals surface area (Å²) in [6, 6.07) is 11.8. The van der Waals surface area contributed by atoms with Crippen LogP contribution in [0.2, 0.25) is 0 Å². The Bertz CT molecular complexity index is 579. The van der Waals surface area contributed by atoms with E-state index in [-0.39, 0.29) is 5.91 Å². The van der Waals surface area contributed by atoms with Gasteiger partial charge in [0.2, 0.25) is 5.91 Å². The quantitative estimate of drug-likeness (QED) is 0.866. The summed E-state index contributed by atoms with van der Waals surface area (Å²) in [4.78, 5) is 15.8. The van der Waals surface area contributed by atoms with Crippen LogP contribution in [0.1, 0.15) is 25.3 Å². The number of aryl methyl sites for hydroxylation is 1. The Labute approximate surface area is 119 Å². The summed E-state index contributed by atoms with van der Waals surface area (Å²) < 4.78 is 0. The SMILES string of the molecule is CCCC(=O)Nc1ccc(Nc2cccc(C)c2)nc1. The Morgan fingerprint density at radius 2 is 2.05 bits per heavy atom. The molecule has 0 radical (unpaired) electrons. The van der Waals surface area contributed by atoms with Crippen LogP contribution in [-0.2, 0) is 4.79 Å². The summed E-state index contributed by atoms with van der Waals surface area (Å²) in [7, 11) is 0. The van der Waals surface area contributed by atoms with Gasteiger partial charge in [0.05, 0.1) is 11.9 Å². The average molecular weight is 269 g/mol. The third-order valence-electron chi connectivity index (χ3n) is 2.81. The number of hydrogen-bond donors (Lipinski definition) is 2. The Kier molecular flexibility index (Phi) is 4.71. The van der Waals surface area contributed by atoms with Gasteiger partial charge in [-0.3, -0.25) is 4.79 Å². The van der Waals surface area contributed by atoms with Crippen molar-refractivity contribution in [3.63, 3.8) is 0 Å². The molecular formula is C16H19N3O. The Morgan fingerprint density at radius 1 is 1.20 bits per heavy atom. The first-order valence-electron chi connectivity index (χ1n) is 6.77. The lowest BCUT2D eigenvalue weighted by atomic mass is 10.2. The van der Waals surface area contributed by atoms with Crippen molar-refractivity contribution in [1.29, 1.82) is 0 Å². The van der Waals surface area contributed by atoms with Gasteiger partial charge in [0, 0.05) is 12.1 Å². The number of nitrogens with one attached hydrogen (secondary N) is 2. The van der Waals surface area contributed by atoms with Gasteiger partial charge in [-0.2, -0.15) is 0 Å². The molecule has 0 spiro atoms. The molecule has 0 aliphatic carbocycles. The van der Waals surface area contributed by atoms with E-state index in [2.05, 4.69) is 21.7 Å². The van der Waals surface area contributed by atoms with E-state index in [1.807, 2.05) is 44.2 Å². The topological polar surface area (TPSA) is 54.0 Å². The maximum Gasteiger partial charge on any atom is 0.224 e. The highest BCUT2D eigenvalue weighted by Gasteiger charge is 2.01. The summed E-state index contributed by atoms with van der Waals surface area (Å²) in [5.74, 6) is 0.776. The fourth-order valence-corrected chi connectivity index (χ4v) is 1.86. The zero-order valence-electron chi connectivity index (χ0n) is 11.8. The van der Waals surface area contributed by atoms with Crippen molar-refractivity contribution in [2.45, 2.75) is 26.7 Å². The number of amides is 1. The summed E-state index contributed by atoms with van der Waals surface area (Å²) in [5, 5.41) is 6.04. The van der Waals surface area contributed by atoms with E-state index in [1.165, 1.54) is 5.56 Å². The lowest BCUT2D eigenvalue weighted by molar-refractivity contribution is -0.116. The van der Waals surface area contributed by atoms with E-state index in [0.717, 1.165) is 23.6 Å². The molecule has 4 nitrogen and oxygen atoms in total. The average Bonchev–Trinajstić information content (AvgIpc) is 2.41. The van der Waals surface area contributed by atoms with Crippen molar-refractivity contribution in [2.75, 3.05) is 10.6 Å². The smallest absolute Gasteiger partial charge is 0.224 e. The van der Waals surface area contributed by atoms with Gasteiger partial charge in [-0.05, 0) is 43.2 Å². The van der Waals surface area contributed by atoms with Gasteiger partial charge in [-0.15, -0.1) is 0 Å². The van der Waals surface area contributed by atoms with Crippen molar-refractivity contribution < 1.29 is 4.79 Å². The molecule has 0 fully saturated rings. The highest BCUT2D eigenvalue weighted by atomic mass is 16.1. The van der Waals surface area contributed by atoms with Gasteiger partial charge in [-0.1, -0.05) is 19.1 Å². The summed E-state index contributed by atoms with van der Waals surface area (Å²) in [5.41, 5.74) is 2.91. The number of anilines is 3. The number of hydrogen-bond acceptors (Lipinski definition) is 3. The molecule has 0 saturated heterocycles. The Balaban J connectivity index is 1.99. The standard InChI is InChI=1S/C16H19N3O/c1-3-5-16(20)19-14-8-9-15(17-11-14)18-13-7-4-6-12(2)10-13/h4,6-11H,3,5H2,1-2H3,(H,17,18)(H,19,20). The maximum atomic E-state index is 11.5. The normalized spacial score (nSPS) is 10.1.